The molecule has 0 aromatic rings. The molecule has 0 saturated carbocycles. The summed E-state index contributed by atoms with van der Waals surface area (Å²) in [6.45, 7) is 0.757. The van der Waals surface area contributed by atoms with E-state index in [-0.39, 0.29) is 0 Å². The van der Waals surface area contributed by atoms with Crippen LogP contribution in [0, 0.1) is 5.92 Å². The van der Waals surface area contributed by atoms with Crippen molar-refractivity contribution in [1.82, 2.24) is 15.5 Å². The van der Waals surface area contributed by atoms with Crippen LogP contribution in [0.25, 0.3) is 0 Å². The van der Waals surface area contributed by atoms with Gasteiger partial charge >= 0.3 is 12.2 Å². The third-order valence-corrected chi connectivity index (χ3v) is 3.14. The molecular formula is C11H20F3N3O. The summed E-state index contributed by atoms with van der Waals surface area (Å²) in [4.78, 5) is 12.9. The fourth-order valence-electron chi connectivity index (χ4n) is 2.06. The van der Waals surface area contributed by atoms with Crippen molar-refractivity contribution in [3.8, 4) is 0 Å². The Morgan fingerprint density at radius 2 is 1.94 bits per heavy atom. The van der Waals surface area contributed by atoms with Gasteiger partial charge in [0.1, 0.15) is 6.54 Å². The molecule has 4 nitrogen and oxygen atoms in total. The number of rotatable bonds is 4. The number of likely N-dealkylation sites (tertiary alicyclic amines) is 1. The minimum absolute atomic E-state index is 0.540. The van der Waals surface area contributed by atoms with Gasteiger partial charge in [0.15, 0.2) is 0 Å². The van der Waals surface area contributed by atoms with Crippen LogP contribution in [0.1, 0.15) is 19.3 Å². The highest BCUT2D eigenvalue weighted by Crippen LogP contribution is 2.20. The molecule has 0 unspecified atom stereocenters. The van der Waals surface area contributed by atoms with Gasteiger partial charge in [-0.2, -0.15) is 13.2 Å². The largest absolute Gasteiger partial charge is 0.405 e. The van der Waals surface area contributed by atoms with Crippen molar-refractivity contribution in [3.05, 3.63) is 0 Å². The lowest BCUT2D eigenvalue weighted by Crippen LogP contribution is -2.47. The van der Waals surface area contributed by atoms with E-state index in [1.807, 2.05) is 12.4 Å². The predicted molar refractivity (Wildman–Crippen MR) is 62.3 cm³/mol. The normalized spacial score (nSPS) is 17.9. The second-order valence-electron chi connectivity index (χ2n) is 4.60. The zero-order valence-electron chi connectivity index (χ0n) is 10.5. The summed E-state index contributed by atoms with van der Waals surface area (Å²) < 4.78 is 35.8. The molecule has 1 rings (SSSR count). The van der Waals surface area contributed by atoms with E-state index >= 15 is 0 Å². The highest BCUT2D eigenvalue weighted by Gasteiger charge is 2.29. The van der Waals surface area contributed by atoms with Crippen molar-refractivity contribution in [3.63, 3.8) is 0 Å². The first-order valence-corrected chi connectivity index (χ1v) is 6.16. The Labute approximate surface area is 105 Å². The van der Waals surface area contributed by atoms with Gasteiger partial charge in [-0.25, -0.2) is 4.79 Å². The maximum atomic E-state index is 11.9. The number of nitrogens with zero attached hydrogens (tertiary/aromatic N) is 1. The Kier molecular flexibility index (Phi) is 5.71. The van der Waals surface area contributed by atoms with Gasteiger partial charge in [-0.3, -0.25) is 0 Å². The fourth-order valence-corrected chi connectivity index (χ4v) is 2.06. The number of hydrogen-bond acceptors (Lipinski definition) is 2. The topological polar surface area (TPSA) is 44.4 Å². The molecule has 1 heterocycles. The smallest absolute Gasteiger partial charge is 0.329 e. The Morgan fingerprint density at radius 1 is 1.33 bits per heavy atom. The average Bonchev–Trinajstić information content (AvgIpc) is 2.33. The third kappa shape index (κ3) is 5.57. The molecule has 0 radical (unpaired) electrons. The van der Waals surface area contributed by atoms with Gasteiger partial charge in [-0.15, -0.1) is 0 Å². The molecular weight excluding hydrogens is 247 g/mol. The Hall–Kier alpha value is -0.980. The molecule has 0 bridgehead atoms. The Bertz CT molecular complexity index is 263. The van der Waals surface area contributed by atoms with Crippen molar-refractivity contribution in [1.29, 1.82) is 0 Å². The number of carbonyl (C=O) groups excluding carboxylic acids is 1. The molecule has 0 aliphatic carbocycles. The van der Waals surface area contributed by atoms with Gasteiger partial charge in [0.25, 0.3) is 0 Å². The standard InChI is InChI=1S/C11H20F3N3O/c1-15-5-2-9-3-6-17(7-4-9)10(18)16-8-11(12,13)14/h9,15H,2-8H2,1H3,(H,16,18). The molecule has 1 fully saturated rings. The molecule has 0 aromatic carbocycles. The van der Waals surface area contributed by atoms with Crippen LogP contribution in [0.15, 0.2) is 0 Å². The van der Waals surface area contributed by atoms with E-state index in [1.54, 1.807) is 0 Å². The summed E-state index contributed by atoms with van der Waals surface area (Å²) in [7, 11) is 1.89. The number of piperidine rings is 1. The van der Waals surface area contributed by atoms with Gasteiger partial charge in [0.2, 0.25) is 0 Å². The van der Waals surface area contributed by atoms with E-state index in [1.165, 1.54) is 4.90 Å². The van der Waals surface area contributed by atoms with Crippen LogP contribution in [-0.2, 0) is 0 Å². The molecule has 2 amide bonds. The average molecular weight is 267 g/mol. The second-order valence-corrected chi connectivity index (χ2v) is 4.60. The van der Waals surface area contributed by atoms with E-state index in [9.17, 15) is 18.0 Å². The van der Waals surface area contributed by atoms with Crippen LogP contribution in [-0.4, -0.2) is 50.3 Å². The first kappa shape index (κ1) is 15.1. The van der Waals surface area contributed by atoms with Crippen molar-refractivity contribution in [2.75, 3.05) is 33.2 Å². The number of nitrogens with one attached hydrogen (secondary N) is 2. The summed E-state index contributed by atoms with van der Waals surface area (Å²) in [5.74, 6) is 0.559. The van der Waals surface area contributed by atoms with Crippen LogP contribution in [0.3, 0.4) is 0 Å². The number of alkyl halides is 3. The zero-order chi connectivity index (χ0) is 13.6. The number of halogens is 3. The number of hydrogen-bond donors (Lipinski definition) is 2. The lowest BCUT2D eigenvalue weighted by atomic mass is 9.94. The minimum atomic E-state index is -4.35. The van der Waals surface area contributed by atoms with Crippen LogP contribution in [0.4, 0.5) is 18.0 Å². The van der Waals surface area contributed by atoms with Gasteiger partial charge in [-0.05, 0) is 38.8 Å². The number of amides is 2. The SMILES string of the molecule is CNCCC1CCN(C(=O)NCC(F)(F)F)CC1. The fraction of sp³-hybridized carbons (Fsp3) is 0.909. The van der Waals surface area contributed by atoms with Crippen LogP contribution < -0.4 is 10.6 Å². The summed E-state index contributed by atoms with van der Waals surface area (Å²) in [5, 5.41) is 4.97. The molecule has 1 aliphatic heterocycles. The first-order chi connectivity index (χ1) is 8.42. The molecule has 0 atom stereocenters. The molecule has 0 aromatic heterocycles. The maximum Gasteiger partial charge on any atom is 0.405 e. The van der Waals surface area contributed by atoms with E-state index in [0.29, 0.717) is 19.0 Å². The minimum Gasteiger partial charge on any atom is -0.329 e. The molecule has 18 heavy (non-hydrogen) atoms. The zero-order valence-corrected chi connectivity index (χ0v) is 10.5. The monoisotopic (exact) mass is 267 g/mol. The Balaban J connectivity index is 2.23. The molecule has 1 aliphatic rings. The first-order valence-electron chi connectivity index (χ1n) is 6.16. The molecule has 106 valence electrons. The van der Waals surface area contributed by atoms with Gasteiger partial charge in [0.05, 0.1) is 0 Å². The summed E-state index contributed by atoms with van der Waals surface area (Å²) in [6, 6.07) is -0.612. The molecule has 1 saturated heterocycles. The highest BCUT2D eigenvalue weighted by atomic mass is 19.4. The number of urea groups is 1. The predicted octanol–water partition coefficient (Wildman–Crippen LogP) is 1.58. The molecule has 2 N–H and O–H groups in total. The quantitative estimate of drug-likeness (QED) is 0.812. The van der Waals surface area contributed by atoms with E-state index in [0.717, 1.165) is 25.8 Å². The van der Waals surface area contributed by atoms with Crippen LogP contribution in [0.2, 0.25) is 0 Å². The molecule has 7 heteroatoms. The highest BCUT2D eigenvalue weighted by molar-refractivity contribution is 5.74. The lowest BCUT2D eigenvalue weighted by molar-refractivity contribution is -0.123. The van der Waals surface area contributed by atoms with Crippen molar-refractivity contribution < 1.29 is 18.0 Å². The van der Waals surface area contributed by atoms with Gasteiger partial charge in [-0.1, -0.05) is 0 Å². The summed E-state index contributed by atoms with van der Waals surface area (Å²) in [5.41, 5.74) is 0. The number of carbonyl (C=O) groups is 1. The van der Waals surface area contributed by atoms with Crippen molar-refractivity contribution in [2.24, 2.45) is 5.92 Å². The van der Waals surface area contributed by atoms with E-state index in [4.69, 9.17) is 0 Å². The van der Waals surface area contributed by atoms with Crippen molar-refractivity contribution in [2.45, 2.75) is 25.4 Å². The van der Waals surface area contributed by atoms with Crippen LogP contribution >= 0.6 is 0 Å². The van der Waals surface area contributed by atoms with Crippen molar-refractivity contribution >= 4 is 6.03 Å². The third-order valence-electron chi connectivity index (χ3n) is 3.14. The summed E-state index contributed by atoms with van der Waals surface area (Å²) >= 11 is 0. The lowest BCUT2D eigenvalue weighted by Gasteiger charge is -2.32. The van der Waals surface area contributed by atoms with Gasteiger partial charge < -0.3 is 15.5 Å². The van der Waals surface area contributed by atoms with Crippen LogP contribution in [0.5, 0.6) is 0 Å². The van der Waals surface area contributed by atoms with Gasteiger partial charge in [0, 0.05) is 13.1 Å². The summed E-state index contributed by atoms with van der Waals surface area (Å²) in [6.07, 6.45) is -1.57. The van der Waals surface area contributed by atoms with E-state index in [2.05, 4.69) is 5.32 Å². The Morgan fingerprint density at radius 3 is 2.44 bits per heavy atom. The molecule has 0 spiro atoms. The second kappa shape index (κ2) is 6.82. The maximum absolute atomic E-state index is 11.9. The van der Waals surface area contributed by atoms with E-state index < -0.39 is 18.8 Å².